The largest absolute Gasteiger partial charge is 0.480 e. The summed E-state index contributed by atoms with van der Waals surface area (Å²) in [6, 6.07) is 2.36. The molecule has 2 N–H and O–H groups in total. The van der Waals surface area contributed by atoms with Crippen molar-refractivity contribution >= 4 is 27.8 Å². The van der Waals surface area contributed by atoms with Crippen molar-refractivity contribution in [1.82, 2.24) is 10.3 Å². The van der Waals surface area contributed by atoms with E-state index in [-0.39, 0.29) is 0 Å². The van der Waals surface area contributed by atoms with E-state index in [9.17, 15) is 9.59 Å². The topological polar surface area (TPSA) is 79.3 Å². The standard InChI is InChI=1S/C12H15BrN2O3/c1-2-3-6-9(12(17)18)15-11(16)8-5-4-7-14-10(8)13/h4-5,7,9H,2-3,6H2,1H3,(H,15,16)(H,17,18)/t9-/m0/s1. The average Bonchev–Trinajstić information content (AvgIpc) is 2.34. The number of carboxylic acid groups (broad SMARTS) is 1. The zero-order chi connectivity index (χ0) is 13.5. The molecular weight excluding hydrogens is 300 g/mol. The maximum absolute atomic E-state index is 11.9. The summed E-state index contributed by atoms with van der Waals surface area (Å²) in [5, 5.41) is 11.5. The number of rotatable bonds is 6. The van der Waals surface area contributed by atoms with E-state index in [0.717, 1.165) is 12.8 Å². The van der Waals surface area contributed by atoms with E-state index >= 15 is 0 Å². The molecule has 6 heteroatoms. The second-order valence-corrected chi connectivity index (χ2v) is 4.60. The van der Waals surface area contributed by atoms with Crippen LogP contribution in [0.5, 0.6) is 0 Å². The molecule has 0 aliphatic rings. The summed E-state index contributed by atoms with van der Waals surface area (Å²) < 4.78 is 0.405. The lowest BCUT2D eigenvalue weighted by Gasteiger charge is -2.14. The highest BCUT2D eigenvalue weighted by Crippen LogP contribution is 2.13. The molecule has 1 amide bonds. The molecule has 18 heavy (non-hydrogen) atoms. The summed E-state index contributed by atoms with van der Waals surface area (Å²) in [5.41, 5.74) is 0.334. The van der Waals surface area contributed by atoms with E-state index in [1.54, 1.807) is 18.3 Å². The summed E-state index contributed by atoms with van der Waals surface area (Å²) in [7, 11) is 0. The van der Waals surface area contributed by atoms with Crippen LogP contribution in [-0.2, 0) is 4.79 Å². The first-order chi connectivity index (χ1) is 8.56. The Morgan fingerprint density at radius 2 is 2.28 bits per heavy atom. The molecule has 98 valence electrons. The van der Waals surface area contributed by atoms with Gasteiger partial charge in [-0.3, -0.25) is 4.79 Å². The Kier molecular flexibility index (Phi) is 5.77. The Morgan fingerprint density at radius 3 is 2.83 bits per heavy atom. The molecule has 0 saturated carbocycles. The van der Waals surface area contributed by atoms with Gasteiger partial charge in [-0.25, -0.2) is 9.78 Å². The zero-order valence-corrected chi connectivity index (χ0v) is 11.6. The van der Waals surface area contributed by atoms with Crippen molar-refractivity contribution in [2.24, 2.45) is 0 Å². The Morgan fingerprint density at radius 1 is 1.56 bits per heavy atom. The summed E-state index contributed by atoms with van der Waals surface area (Å²) >= 11 is 3.16. The normalized spacial score (nSPS) is 11.9. The van der Waals surface area contributed by atoms with Gasteiger partial charge in [0.1, 0.15) is 10.6 Å². The smallest absolute Gasteiger partial charge is 0.326 e. The van der Waals surface area contributed by atoms with Gasteiger partial charge >= 0.3 is 5.97 Å². The Bertz CT molecular complexity index is 437. The third-order valence-electron chi connectivity index (χ3n) is 2.45. The lowest BCUT2D eigenvalue weighted by atomic mass is 10.1. The predicted molar refractivity (Wildman–Crippen MR) is 70.4 cm³/mol. The predicted octanol–water partition coefficient (Wildman–Crippen LogP) is 2.22. The number of hydrogen-bond acceptors (Lipinski definition) is 3. The van der Waals surface area contributed by atoms with Crippen molar-refractivity contribution in [3.63, 3.8) is 0 Å². The fraction of sp³-hybridized carbons (Fsp3) is 0.417. The number of halogens is 1. The lowest BCUT2D eigenvalue weighted by molar-refractivity contribution is -0.139. The van der Waals surface area contributed by atoms with Crippen LogP contribution in [0.25, 0.3) is 0 Å². The van der Waals surface area contributed by atoms with Crippen LogP contribution in [0.4, 0.5) is 0 Å². The summed E-state index contributed by atoms with van der Waals surface area (Å²) in [4.78, 5) is 26.8. The van der Waals surface area contributed by atoms with E-state index in [1.165, 1.54) is 0 Å². The van der Waals surface area contributed by atoms with Gasteiger partial charge in [-0.15, -0.1) is 0 Å². The highest BCUT2D eigenvalue weighted by molar-refractivity contribution is 9.10. The van der Waals surface area contributed by atoms with Crippen molar-refractivity contribution in [3.05, 3.63) is 28.5 Å². The van der Waals surface area contributed by atoms with Crippen molar-refractivity contribution < 1.29 is 14.7 Å². The number of amides is 1. The number of hydrogen-bond donors (Lipinski definition) is 2. The molecule has 0 aromatic carbocycles. The lowest BCUT2D eigenvalue weighted by Crippen LogP contribution is -2.40. The fourth-order valence-electron chi connectivity index (χ4n) is 1.46. The first-order valence-corrected chi connectivity index (χ1v) is 6.49. The van der Waals surface area contributed by atoms with Gasteiger partial charge in [0.05, 0.1) is 5.56 Å². The van der Waals surface area contributed by atoms with Crippen LogP contribution < -0.4 is 5.32 Å². The molecule has 1 atom stereocenters. The molecule has 0 aliphatic carbocycles. The van der Waals surface area contributed by atoms with E-state index < -0.39 is 17.9 Å². The molecule has 1 rings (SSSR count). The fourth-order valence-corrected chi connectivity index (χ4v) is 1.89. The van der Waals surface area contributed by atoms with E-state index in [4.69, 9.17) is 5.11 Å². The quantitative estimate of drug-likeness (QED) is 0.789. The van der Waals surface area contributed by atoms with Gasteiger partial charge in [0.2, 0.25) is 0 Å². The number of aliphatic carboxylic acids is 1. The molecule has 0 unspecified atom stereocenters. The van der Waals surface area contributed by atoms with Gasteiger partial charge in [-0.05, 0) is 34.5 Å². The molecule has 1 aromatic rings. The SMILES string of the molecule is CCCC[C@H](NC(=O)c1cccnc1Br)C(=O)O. The maximum Gasteiger partial charge on any atom is 0.326 e. The molecular formula is C12H15BrN2O3. The Balaban J connectivity index is 2.72. The molecule has 5 nitrogen and oxygen atoms in total. The summed E-state index contributed by atoms with van der Waals surface area (Å²) in [6.07, 6.45) is 3.61. The number of carbonyl (C=O) groups excluding carboxylic acids is 1. The summed E-state index contributed by atoms with van der Waals surface area (Å²) in [5.74, 6) is -1.45. The van der Waals surface area contributed by atoms with E-state index in [0.29, 0.717) is 16.6 Å². The van der Waals surface area contributed by atoms with Crippen LogP contribution in [0.1, 0.15) is 36.5 Å². The third-order valence-corrected chi connectivity index (χ3v) is 3.09. The number of carbonyl (C=O) groups is 2. The number of pyridine rings is 1. The number of aromatic nitrogens is 1. The zero-order valence-electron chi connectivity index (χ0n) is 10.0. The molecule has 0 spiro atoms. The van der Waals surface area contributed by atoms with Gasteiger partial charge in [-0.2, -0.15) is 0 Å². The first-order valence-electron chi connectivity index (χ1n) is 5.70. The van der Waals surface area contributed by atoms with Crippen molar-refractivity contribution in [3.8, 4) is 0 Å². The van der Waals surface area contributed by atoms with Crippen LogP contribution in [0.3, 0.4) is 0 Å². The molecule has 0 radical (unpaired) electrons. The van der Waals surface area contributed by atoms with E-state index in [1.807, 2.05) is 6.92 Å². The highest BCUT2D eigenvalue weighted by Gasteiger charge is 2.21. The molecule has 0 aliphatic heterocycles. The molecule has 0 saturated heterocycles. The van der Waals surface area contributed by atoms with Gasteiger partial charge < -0.3 is 10.4 Å². The number of carboxylic acids is 1. The monoisotopic (exact) mass is 314 g/mol. The highest BCUT2D eigenvalue weighted by atomic mass is 79.9. The van der Waals surface area contributed by atoms with Gasteiger partial charge in [0, 0.05) is 6.20 Å². The second kappa shape index (κ2) is 7.10. The minimum atomic E-state index is -1.02. The first kappa shape index (κ1) is 14.6. The van der Waals surface area contributed by atoms with Crippen LogP contribution in [0, 0.1) is 0 Å². The van der Waals surface area contributed by atoms with Crippen molar-refractivity contribution in [1.29, 1.82) is 0 Å². The van der Waals surface area contributed by atoms with Crippen molar-refractivity contribution in [2.45, 2.75) is 32.2 Å². The number of nitrogens with one attached hydrogen (secondary N) is 1. The minimum Gasteiger partial charge on any atom is -0.480 e. The van der Waals surface area contributed by atoms with Crippen LogP contribution in [0.15, 0.2) is 22.9 Å². The minimum absolute atomic E-state index is 0.334. The van der Waals surface area contributed by atoms with Gasteiger partial charge in [0.15, 0.2) is 0 Å². The van der Waals surface area contributed by atoms with E-state index in [2.05, 4.69) is 26.2 Å². The molecule has 0 fully saturated rings. The second-order valence-electron chi connectivity index (χ2n) is 3.85. The summed E-state index contributed by atoms with van der Waals surface area (Å²) in [6.45, 7) is 1.97. The van der Waals surface area contributed by atoms with Crippen LogP contribution in [-0.4, -0.2) is 28.0 Å². The Hall–Kier alpha value is -1.43. The number of nitrogens with zero attached hydrogens (tertiary/aromatic N) is 1. The van der Waals surface area contributed by atoms with Crippen LogP contribution >= 0.6 is 15.9 Å². The Labute approximate surface area is 114 Å². The molecule has 1 aromatic heterocycles. The average molecular weight is 315 g/mol. The van der Waals surface area contributed by atoms with Crippen molar-refractivity contribution in [2.75, 3.05) is 0 Å². The third kappa shape index (κ3) is 4.10. The van der Waals surface area contributed by atoms with Gasteiger partial charge in [0.25, 0.3) is 5.91 Å². The molecule has 0 bridgehead atoms. The van der Waals surface area contributed by atoms with Gasteiger partial charge in [-0.1, -0.05) is 19.8 Å². The van der Waals surface area contributed by atoms with Crippen LogP contribution in [0.2, 0.25) is 0 Å². The molecule has 1 heterocycles. The number of unbranched alkanes of at least 4 members (excludes halogenated alkanes) is 1. The maximum atomic E-state index is 11.9.